The maximum Gasteiger partial charge on any atom is 0.102 e. The lowest BCUT2D eigenvalue weighted by molar-refractivity contribution is 0.497. The summed E-state index contributed by atoms with van der Waals surface area (Å²) in [6.07, 6.45) is 3.49. The Morgan fingerprint density at radius 1 is 1.37 bits per heavy atom. The van der Waals surface area contributed by atoms with Crippen molar-refractivity contribution < 1.29 is 0 Å². The Labute approximate surface area is 113 Å². The second-order valence-electron chi connectivity index (χ2n) is 5.04. The molecule has 0 aliphatic carbocycles. The molecule has 0 aliphatic rings. The summed E-state index contributed by atoms with van der Waals surface area (Å²) in [7, 11) is 0. The molecule has 0 saturated carbocycles. The van der Waals surface area contributed by atoms with Gasteiger partial charge in [0.1, 0.15) is 6.07 Å². The Morgan fingerprint density at radius 2 is 2.11 bits per heavy atom. The molecule has 98 valence electrons. The van der Waals surface area contributed by atoms with Gasteiger partial charge in [0.2, 0.25) is 0 Å². The van der Waals surface area contributed by atoms with Crippen molar-refractivity contribution in [3.8, 4) is 11.8 Å². The standard InChI is InChI=1S/C15H18N4/c1-10(2)15(17)14-8-18-9-19(14)13-6-4-5-11(3)12(13)7-16/h4-6,8-10,15H,17H2,1-3H3. The molecule has 0 radical (unpaired) electrons. The van der Waals surface area contributed by atoms with Crippen molar-refractivity contribution in [1.82, 2.24) is 9.55 Å². The minimum Gasteiger partial charge on any atom is -0.322 e. The molecule has 1 aromatic heterocycles. The Morgan fingerprint density at radius 3 is 2.74 bits per heavy atom. The molecule has 0 spiro atoms. The fraction of sp³-hybridized carbons (Fsp3) is 0.333. The van der Waals surface area contributed by atoms with Crippen molar-refractivity contribution >= 4 is 0 Å². The van der Waals surface area contributed by atoms with E-state index in [2.05, 4.69) is 24.9 Å². The number of nitrogens with zero attached hydrogens (tertiary/aromatic N) is 3. The van der Waals surface area contributed by atoms with Gasteiger partial charge in [0, 0.05) is 6.04 Å². The van der Waals surface area contributed by atoms with E-state index in [1.54, 1.807) is 12.5 Å². The number of imidazole rings is 1. The maximum absolute atomic E-state index is 9.32. The SMILES string of the molecule is Cc1cccc(-n2cncc2C(N)C(C)C)c1C#N. The first-order chi connectivity index (χ1) is 9.06. The lowest BCUT2D eigenvalue weighted by Gasteiger charge is -2.18. The zero-order chi connectivity index (χ0) is 14.0. The van der Waals surface area contributed by atoms with E-state index in [1.807, 2.05) is 29.7 Å². The fourth-order valence-electron chi connectivity index (χ4n) is 2.09. The third-order valence-corrected chi connectivity index (χ3v) is 3.35. The molecule has 1 atom stereocenters. The molecule has 0 fully saturated rings. The molecule has 2 N–H and O–H groups in total. The highest BCUT2D eigenvalue weighted by Crippen LogP contribution is 2.24. The number of aryl methyl sites for hydroxylation is 1. The molecule has 0 amide bonds. The van der Waals surface area contributed by atoms with E-state index in [-0.39, 0.29) is 6.04 Å². The molecule has 2 rings (SSSR count). The summed E-state index contributed by atoms with van der Waals surface area (Å²) in [6.45, 7) is 6.08. The van der Waals surface area contributed by atoms with E-state index >= 15 is 0 Å². The first-order valence-corrected chi connectivity index (χ1v) is 6.34. The number of nitrogens with two attached hydrogens (primary N) is 1. The molecule has 0 bridgehead atoms. The molecule has 4 nitrogen and oxygen atoms in total. The van der Waals surface area contributed by atoms with Crippen LogP contribution in [0.15, 0.2) is 30.7 Å². The van der Waals surface area contributed by atoms with Crippen LogP contribution in [0.3, 0.4) is 0 Å². The zero-order valence-corrected chi connectivity index (χ0v) is 11.5. The topological polar surface area (TPSA) is 67.6 Å². The molecular weight excluding hydrogens is 236 g/mol. The summed E-state index contributed by atoms with van der Waals surface area (Å²) in [5.41, 5.74) is 9.59. The van der Waals surface area contributed by atoms with Gasteiger partial charge in [-0.3, -0.25) is 0 Å². The van der Waals surface area contributed by atoms with Crippen LogP contribution in [0.1, 0.15) is 36.7 Å². The average molecular weight is 254 g/mol. The van der Waals surface area contributed by atoms with Crippen LogP contribution < -0.4 is 5.73 Å². The second kappa shape index (κ2) is 5.25. The predicted octanol–water partition coefficient (Wildman–Crippen LogP) is 2.71. The maximum atomic E-state index is 9.32. The summed E-state index contributed by atoms with van der Waals surface area (Å²) >= 11 is 0. The molecule has 1 aromatic carbocycles. The van der Waals surface area contributed by atoms with Crippen LogP contribution >= 0.6 is 0 Å². The molecule has 4 heteroatoms. The van der Waals surface area contributed by atoms with E-state index < -0.39 is 0 Å². The highest BCUT2D eigenvalue weighted by Gasteiger charge is 2.17. The van der Waals surface area contributed by atoms with Gasteiger partial charge >= 0.3 is 0 Å². The zero-order valence-electron chi connectivity index (χ0n) is 11.5. The number of benzene rings is 1. The van der Waals surface area contributed by atoms with Crippen LogP contribution in [0, 0.1) is 24.2 Å². The number of hydrogen-bond donors (Lipinski definition) is 1. The van der Waals surface area contributed by atoms with Crippen molar-refractivity contribution in [2.45, 2.75) is 26.8 Å². The van der Waals surface area contributed by atoms with Crippen LogP contribution in [0.2, 0.25) is 0 Å². The largest absolute Gasteiger partial charge is 0.322 e. The van der Waals surface area contributed by atoms with Gasteiger partial charge in [0.15, 0.2) is 0 Å². The Kier molecular flexibility index (Phi) is 3.68. The van der Waals surface area contributed by atoms with Crippen LogP contribution in [0.4, 0.5) is 0 Å². The third kappa shape index (κ3) is 2.38. The van der Waals surface area contributed by atoms with Crippen LogP contribution in [-0.2, 0) is 0 Å². The van der Waals surface area contributed by atoms with Crippen molar-refractivity contribution in [3.05, 3.63) is 47.5 Å². The quantitative estimate of drug-likeness (QED) is 0.915. The van der Waals surface area contributed by atoms with Gasteiger partial charge in [-0.2, -0.15) is 5.26 Å². The molecule has 1 heterocycles. The average Bonchev–Trinajstić information content (AvgIpc) is 2.86. The molecule has 19 heavy (non-hydrogen) atoms. The Bertz CT molecular complexity index is 619. The van der Waals surface area contributed by atoms with Gasteiger partial charge in [-0.05, 0) is 24.5 Å². The number of aromatic nitrogens is 2. The summed E-state index contributed by atoms with van der Waals surface area (Å²) in [5, 5.41) is 9.32. The third-order valence-electron chi connectivity index (χ3n) is 3.35. The van der Waals surface area contributed by atoms with Gasteiger partial charge in [-0.15, -0.1) is 0 Å². The molecule has 0 saturated heterocycles. The van der Waals surface area contributed by atoms with Gasteiger partial charge in [0.25, 0.3) is 0 Å². The lowest BCUT2D eigenvalue weighted by Crippen LogP contribution is -2.20. The van der Waals surface area contributed by atoms with E-state index in [0.717, 1.165) is 16.9 Å². The van der Waals surface area contributed by atoms with Crippen LogP contribution in [0.25, 0.3) is 5.69 Å². The smallest absolute Gasteiger partial charge is 0.102 e. The highest BCUT2D eigenvalue weighted by molar-refractivity contribution is 5.53. The van der Waals surface area contributed by atoms with Crippen molar-refractivity contribution in [2.24, 2.45) is 11.7 Å². The van der Waals surface area contributed by atoms with Crippen molar-refractivity contribution in [2.75, 3.05) is 0 Å². The van der Waals surface area contributed by atoms with Gasteiger partial charge in [0.05, 0.1) is 29.5 Å². The minimum atomic E-state index is -0.102. The molecule has 2 aromatic rings. The molecular formula is C15H18N4. The number of nitriles is 1. The van der Waals surface area contributed by atoms with E-state index in [0.29, 0.717) is 11.5 Å². The first-order valence-electron chi connectivity index (χ1n) is 6.34. The summed E-state index contributed by atoms with van der Waals surface area (Å²) < 4.78 is 1.91. The van der Waals surface area contributed by atoms with E-state index in [1.165, 1.54) is 0 Å². The summed E-state index contributed by atoms with van der Waals surface area (Å²) in [4.78, 5) is 4.18. The van der Waals surface area contributed by atoms with Crippen LogP contribution in [-0.4, -0.2) is 9.55 Å². The van der Waals surface area contributed by atoms with E-state index in [4.69, 9.17) is 5.73 Å². The molecule has 0 aliphatic heterocycles. The lowest BCUT2D eigenvalue weighted by atomic mass is 10.0. The van der Waals surface area contributed by atoms with Crippen molar-refractivity contribution in [3.63, 3.8) is 0 Å². The Balaban J connectivity index is 2.59. The normalized spacial score (nSPS) is 12.4. The second-order valence-corrected chi connectivity index (χ2v) is 5.04. The predicted molar refractivity (Wildman–Crippen MR) is 74.8 cm³/mol. The van der Waals surface area contributed by atoms with Gasteiger partial charge in [-0.1, -0.05) is 26.0 Å². The van der Waals surface area contributed by atoms with Gasteiger partial charge < -0.3 is 10.3 Å². The van der Waals surface area contributed by atoms with E-state index in [9.17, 15) is 5.26 Å². The van der Waals surface area contributed by atoms with Gasteiger partial charge in [-0.25, -0.2) is 4.98 Å². The summed E-state index contributed by atoms with van der Waals surface area (Å²) in [6, 6.07) is 7.95. The minimum absolute atomic E-state index is 0.102. The highest BCUT2D eigenvalue weighted by atomic mass is 15.1. The number of hydrogen-bond acceptors (Lipinski definition) is 3. The molecule has 1 unspecified atom stereocenters. The van der Waals surface area contributed by atoms with Crippen molar-refractivity contribution in [1.29, 1.82) is 5.26 Å². The first kappa shape index (κ1) is 13.3. The monoisotopic (exact) mass is 254 g/mol. The van der Waals surface area contributed by atoms with Crippen LogP contribution in [0.5, 0.6) is 0 Å². The number of rotatable bonds is 3. The Hall–Kier alpha value is -2.12. The fourth-order valence-corrected chi connectivity index (χ4v) is 2.09. The summed E-state index contributed by atoms with van der Waals surface area (Å²) in [5.74, 6) is 0.311.